The summed E-state index contributed by atoms with van der Waals surface area (Å²) in [4.78, 5) is 48.4. The molecule has 1 heterocycles. The van der Waals surface area contributed by atoms with Crippen LogP contribution in [0.15, 0.2) is 30.3 Å². The van der Waals surface area contributed by atoms with E-state index in [0.29, 0.717) is 0 Å². The van der Waals surface area contributed by atoms with Crippen molar-refractivity contribution in [2.45, 2.75) is 6.54 Å². The first-order valence-corrected chi connectivity index (χ1v) is 6.64. The minimum absolute atomic E-state index is 0.0632. The summed E-state index contributed by atoms with van der Waals surface area (Å²) in [5, 5.41) is 4.60. The van der Waals surface area contributed by atoms with Gasteiger partial charge in [0.25, 0.3) is 5.91 Å². The van der Waals surface area contributed by atoms with E-state index in [9.17, 15) is 19.2 Å². The van der Waals surface area contributed by atoms with Gasteiger partial charge in [-0.05, 0) is 5.56 Å². The van der Waals surface area contributed by atoms with Gasteiger partial charge in [-0.25, -0.2) is 9.59 Å². The molecule has 0 radical (unpaired) electrons. The fraction of sp³-hybridized carbons (Fsp3) is 0.286. The van der Waals surface area contributed by atoms with Crippen LogP contribution in [0.2, 0.25) is 0 Å². The zero-order valence-corrected chi connectivity index (χ0v) is 12.0. The topological polar surface area (TPSA) is 98.8 Å². The van der Waals surface area contributed by atoms with Crippen LogP contribution in [0.4, 0.5) is 9.59 Å². The minimum Gasteiger partial charge on any atom is -0.334 e. The molecule has 8 nitrogen and oxygen atoms in total. The van der Waals surface area contributed by atoms with Crippen LogP contribution in [0.25, 0.3) is 0 Å². The van der Waals surface area contributed by atoms with Crippen molar-refractivity contribution in [2.75, 3.05) is 20.1 Å². The van der Waals surface area contributed by atoms with E-state index in [2.05, 4.69) is 10.6 Å². The van der Waals surface area contributed by atoms with Gasteiger partial charge in [0.05, 0.1) is 0 Å². The molecule has 0 atom stereocenters. The molecule has 0 unspecified atom stereocenters. The number of benzene rings is 1. The quantitative estimate of drug-likeness (QED) is 0.759. The van der Waals surface area contributed by atoms with Crippen LogP contribution >= 0.6 is 0 Å². The molecule has 1 aromatic rings. The van der Waals surface area contributed by atoms with Crippen molar-refractivity contribution in [3.05, 3.63) is 35.9 Å². The van der Waals surface area contributed by atoms with Gasteiger partial charge >= 0.3 is 12.1 Å². The molecule has 116 valence electrons. The number of rotatable bonds is 4. The van der Waals surface area contributed by atoms with Gasteiger partial charge < -0.3 is 10.2 Å². The minimum atomic E-state index is -0.720. The van der Waals surface area contributed by atoms with Gasteiger partial charge in [0.1, 0.15) is 13.1 Å². The molecule has 0 bridgehead atoms. The number of hydrogen-bond acceptors (Lipinski definition) is 4. The van der Waals surface area contributed by atoms with Crippen LogP contribution in [0.3, 0.4) is 0 Å². The Morgan fingerprint density at radius 1 is 1.18 bits per heavy atom. The van der Waals surface area contributed by atoms with Crippen LogP contribution < -0.4 is 10.6 Å². The fourth-order valence-corrected chi connectivity index (χ4v) is 1.96. The van der Waals surface area contributed by atoms with Gasteiger partial charge in [0.15, 0.2) is 0 Å². The Morgan fingerprint density at radius 3 is 2.45 bits per heavy atom. The highest BCUT2D eigenvalue weighted by atomic mass is 16.2. The smallest absolute Gasteiger partial charge is 0.327 e. The van der Waals surface area contributed by atoms with Crippen LogP contribution in [-0.4, -0.2) is 53.8 Å². The van der Waals surface area contributed by atoms with E-state index in [1.54, 1.807) is 0 Å². The first kappa shape index (κ1) is 15.5. The number of nitrogens with zero attached hydrogens (tertiary/aromatic N) is 2. The number of amides is 6. The highest BCUT2D eigenvalue weighted by Gasteiger charge is 2.34. The fourth-order valence-electron chi connectivity index (χ4n) is 1.96. The lowest BCUT2D eigenvalue weighted by atomic mass is 10.2. The van der Waals surface area contributed by atoms with E-state index in [4.69, 9.17) is 0 Å². The Morgan fingerprint density at radius 2 is 1.86 bits per heavy atom. The molecule has 1 fully saturated rings. The number of carbonyl (C=O) groups is 4. The summed E-state index contributed by atoms with van der Waals surface area (Å²) in [6, 6.07) is 7.96. The summed E-state index contributed by atoms with van der Waals surface area (Å²) >= 11 is 0. The van der Waals surface area contributed by atoms with Gasteiger partial charge in [-0.3, -0.25) is 19.8 Å². The molecule has 1 aromatic carbocycles. The van der Waals surface area contributed by atoms with Crippen LogP contribution in [0, 0.1) is 0 Å². The van der Waals surface area contributed by atoms with Crippen molar-refractivity contribution in [1.82, 2.24) is 20.4 Å². The van der Waals surface area contributed by atoms with Crippen molar-refractivity contribution in [3.63, 3.8) is 0 Å². The lowest BCUT2D eigenvalue weighted by molar-refractivity contribution is -0.130. The highest BCUT2D eigenvalue weighted by Crippen LogP contribution is 2.06. The van der Waals surface area contributed by atoms with Crippen molar-refractivity contribution in [3.8, 4) is 0 Å². The van der Waals surface area contributed by atoms with E-state index >= 15 is 0 Å². The molecule has 0 saturated carbocycles. The summed E-state index contributed by atoms with van der Waals surface area (Å²) in [5.74, 6) is -1.19. The molecule has 1 saturated heterocycles. The van der Waals surface area contributed by atoms with Crippen molar-refractivity contribution < 1.29 is 19.2 Å². The number of nitrogens with one attached hydrogen (secondary N) is 2. The Balaban J connectivity index is 1.78. The zero-order chi connectivity index (χ0) is 16.1. The second kappa shape index (κ2) is 6.70. The number of urea groups is 2. The molecule has 22 heavy (non-hydrogen) atoms. The summed E-state index contributed by atoms with van der Waals surface area (Å²) in [5.41, 5.74) is 0.886. The SMILES string of the molecule is CN1CC(=O)N(CC(=O)NC(=O)NCc2ccccc2)C1=O. The predicted octanol–water partition coefficient (Wildman–Crippen LogP) is -0.0936. The molecular weight excluding hydrogens is 288 g/mol. The maximum Gasteiger partial charge on any atom is 0.327 e. The normalized spacial score (nSPS) is 14.2. The van der Waals surface area contributed by atoms with Gasteiger partial charge in [-0.1, -0.05) is 30.3 Å². The number of hydrogen-bond donors (Lipinski definition) is 2. The summed E-state index contributed by atoms with van der Waals surface area (Å²) in [7, 11) is 1.46. The third-order valence-corrected chi connectivity index (χ3v) is 3.08. The molecule has 0 aliphatic carbocycles. The number of carbonyl (C=O) groups excluding carboxylic acids is 4. The standard InChI is InChI=1S/C14H16N4O4/c1-17-9-12(20)18(14(17)22)8-11(19)16-13(21)15-7-10-5-3-2-4-6-10/h2-6H,7-9H2,1H3,(H2,15,16,19,21). The molecule has 1 aliphatic heterocycles. The lowest BCUT2D eigenvalue weighted by Gasteiger charge is -2.13. The van der Waals surface area contributed by atoms with Crippen molar-refractivity contribution in [2.24, 2.45) is 0 Å². The molecule has 2 rings (SSSR count). The van der Waals surface area contributed by atoms with E-state index in [-0.39, 0.29) is 13.1 Å². The number of imide groups is 2. The van der Waals surface area contributed by atoms with Crippen LogP contribution in [0.5, 0.6) is 0 Å². The average Bonchev–Trinajstić information content (AvgIpc) is 2.73. The molecule has 0 aromatic heterocycles. The summed E-state index contributed by atoms with van der Waals surface area (Å²) in [6.07, 6.45) is 0. The van der Waals surface area contributed by atoms with E-state index < -0.39 is 30.4 Å². The third kappa shape index (κ3) is 3.81. The van der Waals surface area contributed by atoms with Gasteiger partial charge in [-0.15, -0.1) is 0 Å². The molecular formula is C14H16N4O4. The van der Waals surface area contributed by atoms with Gasteiger partial charge in [0.2, 0.25) is 5.91 Å². The Bertz CT molecular complexity index is 602. The molecule has 1 aliphatic rings. The van der Waals surface area contributed by atoms with E-state index in [1.165, 1.54) is 11.9 Å². The van der Waals surface area contributed by atoms with Crippen LogP contribution in [0.1, 0.15) is 5.56 Å². The Hall–Kier alpha value is -2.90. The lowest BCUT2D eigenvalue weighted by Crippen LogP contribution is -2.46. The molecule has 6 amide bonds. The summed E-state index contributed by atoms with van der Waals surface area (Å²) < 4.78 is 0. The maximum atomic E-state index is 11.7. The molecule has 0 spiro atoms. The second-order valence-electron chi connectivity index (χ2n) is 4.83. The van der Waals surface area contributed by atoms with E-state index in [0.717, 1.165) is 10.5 Å². The van der Waals surface area contributed by atoms with Gasteiger partial charge in [-0.2, -0.15) is 0 Å². The second-order valence-corrected chi connectivity index (χ2v) is 4.83. The molecule has 2 N–H and O–H groups in total. The summed E-state index contributed by atoms with van der Waals surface area (Å²) in [6.45, 7) is -0.267. The maximum absolute atomic E-state index is 11.7. The zero-order valence-electron chi connectivity index (χ0n) is 12.0. The first-order valence-electron chi connectivity index (χ1n) is 6.64. The van der Waals surface area contributed by atoms with Crippen molar-refractivity contribution in [1.29, 1.82) is 0 Å². The predicted molar refractivity (Wildman–Crippen MR) is 76.6 cm³/mol. The monoisotopic (exact) mass is 304 g/mol. The number of likely N-dealkylation sites (N-methyl/N-ethyl adjacent to an activating group) is 1. The van der Waals surface area contributed by atoms with Crippen molar-refractivity contribution >= 4 is 23.9 Å². The highest BCUT2D eigenvalue weighted by molar-refractivity contribution is 6.06. The largest absolute Gasteiger partial charge is 0.334 e. The first-order chi connectivity index (χ1) is 10.5. The Kier molecular flexibility index (Phi) is 4.72. The average molecular weight is 304 g/mol. The molecule has 8 heteroatoms. The third-order valence-electron chi connectivity index (χ3n) is 3.08. The van der Waals surface area contributed by atoms with Crippen LogP contribution in [-0.2, 0) is 16.1 Å². The Labute approximate surface area is 127 Å². The van der Waals surface area contributed by atoms with E-state index in [1.807, 2.05) is 30.3 Å². The van der Waals surface area contributed by atoms with Gasteiger partial charge in [0, 0.05) is 13.6 Å².